The summed E-state index contributed by atoms with van der Waals surface area (Å²) < 4.78 is 0. The highest BCUT2D eigenvalue weighted by atomic mass is 15.5. The predicted octanol–water partition coefficient (Wildman–Crippen LogP) is 0.908. The van der Waals surface area contributed by atoms with Crippen molar-refractivity contribution < 1.29 is 0 Å². The zero-order chi connectivity index (χ0) is 10.2. The van der Waals surface area contributed by atoms with Crippen LogP contribution in [-0.4, -0.2) is 32.7 Å². The number of rotatable bonds is 1. The molecule has 74 valence electrons. The Kier molecular flexibility index (Phi) is 1.94. The normalized spacial score (nSPS) is 18.6. The fraction of sp³-hybridized carbons (Fsp3) is 0.556. The first-order valence-corrected chi connectivity index (χ1v) is 4.67. The summed E-state index contributed by atoms with van der Waals surface area (Å²) in [5.41, 5.74) is 0.598. The zero-order valence-corrected chi connectivity index (χ0v) is 8.60. The molecule has 5 heteroatoms. The first-order valence-electron chi connectivity index (χ1n) is 4.67. The van der Waals surface area contributed by atoms with E-state index >= 15 is 0 Å². The molecule has 0 spiro atoms. The fourth-order valence-electron chi connectivity index (χ4n) is 1.22. The van der Waals surface area contributed by atoms with Crippen LogP contribution in [0.15, 0.2) is 16.2 Å². The number of aryl methyl sites for hydroxylation is 1. The summed E-state index contributed by atoms with van der Waals surface area (Å²) in [6.45, 7) is 5.93. The van der Waals surface area contributed by atoms with Crippen LogP contribution in [0, 0.1) is 0 Å². The van der Waals surface area contributed by atoms with Crippen molar-refractivity contribution in [2.24, 2.45) is 9.98 Å². The van der Waals surface area contributed by atoms with Gasteiger partial charge in [-0.15, -0.1) is 4.80 Å². The third-order valence-electron chi connectivity index (χ3n) is 1.99. The van der Waals surface area contributed by atoms with E-state index in [1.807, 2.05) is 20.8 Å². The Morgan fingerprint density at radius 3 is 2.71 bits per heavy atom. The molecule has 0 N–H and O–H groups in total. The van der Waals surface area contributed by atoms with Gasteiger partial charge in [-0.3, -0.25) is 4.99 Å². The second-order valence-corrected chi connectivity index (χ2v) is 3.70. The van der Waals surface area contributed by atoms with Crippen molar-refractivity contribution in [2.75, 3.05) is 0 Å². The van der Waals surface area contributed by atoms with Crippen LogP contribution in [0.2, 0.25) is 0 Å². The van der Waals surface area contributed by atoms with Crippen LogP contribution < -0.4 is 0 Å². The summed E-state index contributed by atoms with van der Waals surface area (Å²) in [6.07, 6.45) is 4.34. The minimum Gasteiger partial charge on any atom is -0.260 e. The lowest BCUT2D eigenvalue weighted by atomic mass is 10.3. The SMILES string of the molecule is CCc1cnn(C2=NC(C)(C)N=C2)n1. The average Bonchev–Trinajstić information content (AvgIpc) is 2.70. The monoisotopic (exact) mass is 191 g/mol. The number of aromatic nitrogens is 3. The van der Waals surface area contributed by atoms with E-state index in [4.69, 9.17) is 0 Å². The second-order valence-electron chi connectivity index (χ2n) is 3.70. The molecular weight excluding hydrogens is 178 g/mol. The maximum Gasteiger partial charge on any atom is 0.190 e. The number of hydrogen-bond acceptors (Lipinski definition) is 4. The molecule has 0 aliphatic carbocycles. The third-order valence-corrected chi connectivity index (χ3v) is 1.99. The summed E-state index contributed by atoms with van der Waals surface area (Å²) in [4.78, 5) is 10.1. The van der Waals surface area contributed by atoms with Crippen LogP contribution in [0.5, 0.6) is 0 Å². The van der Waals surface area contributed by atoms with Gasteiger partial charge in [0.15, 0.2) is 5.84 Å². The Bertz CT molecular complexity index is 399. The lowest BCUT2D eigenvalue weighted by Crippen LogP contribution is -2.16. The summed E-state index contributed by atoms with van der Waals surface area (Å²) >= 11 is 0. The predicted molar refractivity (Wildman–Crippen MR) is 54.8 cm³/mol. The van der Waals surface area contributed by atoms with Gasteiger partial charge in [-0.2, -0.15) is 10.2 Å². The fourth-order valence-corrected chi connectivity index (χ4v) is 1.22. The van der Waals surface area contributed by atoms with Gasteiger partial charge in [0, 0.05) is 0 Å². The van der Waals surface area contributed by atoms with E-state index in [0.29, 0.717) is 5.84 Å². The van der Waals surface area contributed by atoms with Gasteiger partial charge in [-0.25, -0.2) is 4.99 Å². The molecule has 0 saturated carbocycles. The van der Waals surface area contributed by atoms with Crippen LogP contribution in [0.4, 0.5) is 0 Å². The molecule has 0 amide bonds. The van der Waals surface area contributed by atoms with Gasteiger partial charge >= 0.3 is 0 Å². The van der Waals surface area contributed by atoms with Crippen molar-refractivity contribution in [1.29, 1.82) is 0 Å². The van der Waals surface area contributed by atoms with Gasteiger partial charge in [-0.1, -0.05) is 6.92 Å². The summed E-state index contributed by atoms with van der Waals surface area (Å²) in [6, 6.07) is 0. The van der Waals surface area contributed by atoms with Gasteiger partial charge in [0.25, 0.3) is 0 Å². The van der Waals surface area contributed by atoms with Crippen molar-refractivity contribution in [1.82, 2.24) is 15.0 Å². The Morgan fingerprint density at radius 2 is 2.21 bits per heavy atom. The quantitative estimate of drug-likeness (QED) is 0.662. The molecule has 0 atom stereocenters. The Labute approximate surface area is 82.6 Å². The van der Waals surface area contributed by atoms with E-state index < -0.39 is 0 Å². The van der Waals surface area contributed by atoms with E-state index in [0.717, 1.165) is 12.1 Å². The van der Waals surface area contributed by atoms with E-state index in [-0.39, 0.29) is 5.66 Å². The van der Waals surface area contributed by atoms with Crippen LogP contribution >= 0.6 is 0 Å². The van der Waals surface area contributed by atoms with E-state index in [9.17, 15) is 0 Å². The van der Waals surface area contributed by atoms with E-state index in [1.165, 1.54) is 4.80 Å². The van der Waals surface area contributed by atoms with Crippen molar-refractivity contribution in [3.05, 3.63) is 11.9 Å². The van der Waals surface area contributed by atoms with Crippen LogP contribution in [0.1, 0.15) is 26.5 Å². The molecule has 2 rings (SSSR count). The molecule has 0 bridgehead atoms. The van der Waals surface area contributed by atoms with Crippen LogP contribution in [0.25, 0.3) is 0 Å². The molecule has 0 saturated heterocycles. The van der Waals surface area contributed by atoms with E-state index in [2.05, 4.69) is 20.2 Å². The molecule has 5 nitrogen and oxygen atoms in total. The zero-order valence-electron chi connectivity index (χ0n) is 8.60. The van der Waals surface area contributed by atoms with Gasteiger partial charge in [0.2, 0.25) is 0 Å². The van der Waals surface area contributed by atoms with Crippen LogP contribution in [-0.2, 0) is 6.42 Å². The molecule has 1 aromatic rings. The van der Waals surface area contributed by atoms with Gasteiger partial charge in [0.05, 0.1) is 18.1 Å². The number of nitrogens with zero attached hydrogens (tertiary/aromatic N) is 5. The number of hydrogen-bond donors (Lipinski definition) is 0. The van der Waals surface area contributed by atoms with Crippen molar-refractivity contribution in [2.45, 2.75) is 32.9 Å². The Morgan fingerprint density at radius 1 is 1.43 bits per heavy atom. The highest BCUT2D eigenvalue weighted by molar-refractivity contribution is 6.31. The molecule has 0 fully saturated rings. The maximum absolute atomic E-state index is 4.37. The first kappa shape index (κ1) is 9.05. The lowest BCUT2D eigenvalue weighted by Gasteiger charge is -2.07. The van der Waals surface area contributed by atoms with Crippen LogP contribution in [0.3, 0.4) is 0 Å². The molecule has 0 radical (unpaired) electrons. The molecule has 0 unspecified atom stereocenters. The standard InChI is InChI=1S/C9H13N5/c1-4-7-5-11-14(13-7)8-6-10-9(2,3)12-8/h5-6H,4H2,1-3H3. The summed E-state index contributed by atoms with van der Waals surface area (Å²) in [5, 5.41) is 8.38. The average molecular weight is 191 g/mol. The van der Waals surface area contributed by atoms with Crippen molar-refractivity contribution >= 4 is 12.1 Å². The summed E-state index contributed by atoms with van der Waals surface area (Å²) in [7, 11) is 0. The summed E-state index contributed by atoms with van der Waals surface area (Å²) in [5.74, 6) is 0.703. The van der Waals surface area contributed by atoms with Gasteiger partial charge < -0.3 is 0 Å². The van der Waals surface area contributed by atoms with Gasteiger partial charge in [0.1, 0.15) is 5.66 Å². The number of aliphatic imine (C=N–C) groups is 2. The topological polar surface area (TPSA) is 55.4 Å². The first-order chi connectivity index (χ1) is 6.61. The van der Waals surface area contributed by atoms with E-state index in [1.54, 1.807) is 12.4 Å². The van der Waals surface area contributed by atoms with Crippen molar-refractivity contribution in [3.63, 3.8) is 0 Å². The molecular formula is C9H13N5. The smallest absolute Gasteiger partial charge is 0.190 e. The molecule has 1 aliphatic heterocycles. The Hall–Kier alpha value is -1.52. The lowest BCUT2D eigenvalue weighted by molar-refractivity contribution is 0.563. The molecule has 0 aromatic carbocycles. The Balaban J connectivity index is 2.30. The molecule has 2 heterocycles. The van der Waals surface area contributed by atoms with Crippen molar-refractivity contribution in [3.8, 4) is 0 Å². The minimum absolute atomic E-state index is 0.366. The third kappa shape index (κ3) is 1.57. The molecule has 14 heavy (non-hydrogen) atoms. The minimum atomic E-state index is -0.366. The molecule has 1 aliphatic rings. The molecule has 1 aromatic heterocycles. The highest BCUT2D eigenvalue weighted by Gasteiger charge is 2.21. The van der Waals surface area contributed by atoms with Gasteiger partial charge in [-0.05, 0) is 20.3 Å². The largest absolute Gasteiger partial charge is 0.260 e. The second kappa shape index (κ2) is 3.01. The highest BCUT2D eigenvalue weighted by Crippen LogP contribution is 2.14. The maximum atomic E-state index is 4.37.